The highest BCUT2D eigenvalue weighted by Gasteiger charge is 2.43. The Balaban J connectivity index is 1.53. The summed E-state index contributed by atoms with van der Waals surface area (Å²) in [6, 6.07) is 7.21. The molecule has 0 fully saturated rings. The van der Waals surface area contributed by atoms with Gasteiger partial charge >= 0.3 is 0 Å². The van der Waals surface area contributed by atoms with Crippen LogP contribution in [-0.2, 0) is 21.4 Å². The molecule has 0 aromatic heterocycles. The summed E-state index contributed by atoms with van der Waals surface area (Å²) in [5, 5.41) is 10.9. The smallest absolute Gasteiger partial charge is 0.249 e. The van der Waals surface area contributed by atoms with Crippen molar-refractivity contribution in [3.8, 4) is 0 Å². The molecule has 0 radical (unpaired) electrons. The maximum absolute atomic E-state index is 12.8. The van der Waals surface area contributed by atoms with Crippen LogP contribution in [0.25, 0.3) is 0 Å². The summed E-state index contributed by atoms with van der Waals surface area (Å²) in [6.45, 7) is 2.63. The van der Waals surface area contributed by atoms with Gasteiger partial charge in [0, 0.05) is 12.1 Å². The van der Waals surface area contributed by atoms with Crippen LogP contribution in [0.15, 0.2) is 36.4 Å². The zero-order valence-electron chi connectivity index (χ0n) is 19.4. The van der Waals surface area contributed by atoms with E-state index >= 15 is 0 Å². The molecule has 0 heterocycles. The zero-order valence-corrected chi connectivity index (χ0v) is 20.3. The van der Waals surface area contributed by atoms with Crippen molar-refractivity contribution in [3.05, 3.63) is 47.5 Å². The molecule has 1 atom stereocenters. The van der Waals surface area contributed by atoms with Crippen molar-refractivity contribution >= 4 is 10.0 Å². The number of benzene rings is 1. The minimum Gasteiger partial charge on any atom is -0.367 e. The predicted octanol–water partition coefficient (Wildman–Crippen LogP) is 6.34. The van der Waals surface area contributed by atoms with Crippen molar-refractivity contribution in [1.82, 2.24) is 4.72 Å². The van der Waals surface area contributed by atoms with Gasteiger partial charge in [-0.05, 0) is 24.5 Å². The first-order valence-corrected chi connectivity index (χ1v) is 14.0. The summed E-state index contributed by atoms with van der Waals surface area (Å²) in [5.41, 5.74) is 1.32. The Hall–Kier alpha value is -1.17. The first kappa shape index (κ1) is 26.1. The largest absolute Gasteiger partial charge is 0.367 e. The van der Waals surface area contributed by atoms with Crippen LogP contribution < -0.4 is 4.72 Å². The van der Waals surface area contributed by atoms with Crippen LogP contribution >= 0.6 is 0 Å². The molecule has 2 rings (SSSR count). The van der Waals surface area contributed by atoms with Crippen molar-refractivity contribution in [2.24, 2.45) is 0 Å². The Labute approximate surface area is 190 Å². The lowest BCUT2D eigenvalue weighted by atomic mass is 9.94. The molecule has 4 nitrogen and oxygen atoms in total. The van der Waals surface area contributed by atoms with Crippen LogP contribution in [0.2, 0.25) is 0 Å². The third-order valence-electron chi connectivity index (χ3n) is 6.32. The molecule has 0 amide bonds. The summed E-state index contributed by atoms with van der Waals surface area (Å²) >= 11 is 0. The Kier molecular flexibility index (Phi) is 11.8. The second-order valence-corrected chi connectivity index (χ2v) is 10.9. The Bertz CT molecular complexity index is 760. The van der Waals surface area contributed by atoms with E-state index in [2.05, 4.69) is 11.6 Å². The minimum absolute atomic E-state index is 0.374. The van der Waals surface area contributed by atoms with Crippen molar-refractivity contribution in [1.29, 1.82) is 0 Å². The molecule has 1 aliphatic carbocycles. The number of rotatable bonds is 17. The van der Waals surface area contributed by atoms with Crippen LogP contribution in [0.5, 0.6) is 0 Å². The second-order valence-electron chi connectivity index (χ2n) is 8.95. The SMILES string of the molecule is CCCCCCCCCCCCCCCCNS(=O)(=O)C1(O)C=CCc2ccccc21. The lowest BCUT2D eigenvalue weighted by Gasteiger charge is -2.30. The van der Waals surface area contributed by atoms with E-state index in [1.807, 2.05) is 12.1 Å². The monoisotopic (exact) mass is 449 g/mol. The number of aliphatic hydroxyl groups is 1. The highest BCUT2D eigenvalue weighted by atomic mass is 32.2. The third-order valence-corrected chi connectivity index (χ3v) is 8.08. The lowest BCUT2D eigenvalue weighted by molar-refractivity contribution is 0.170. The van der Waals surface area contributed by atoms with Crippen molar-refractivity contribution in [2.45, 2.75) is 108 Å². The topological polar surface area (TPSA) is 66.4 Å². The van der Waals surface area contributed by atoms with Gasteiger partial charge in [0.05, 0.1) is 0 Å². The van der Waals surface area contributed by atoms with Crippen LogP contribution in [0, 0.1) is 0 Å². The van der Waals surface area contributed by atoms with E-state index in [9.17, 15) is 13.5 Å². The normalized spacial score (nSPS) is 18.3. The van der Waals surface area contributed by atoms with Gasteiger partial charge in [0.2, 0.25) is 15.0 Å². The standard InChI is InChI=1S/C26H43NO3S/c1-2-3-4-5-6-7-8-9-10-11-12-13-14-17-23-27-31(29,30)26(28)22-18-20-24-19-15-16-21-25(24)26/h15-16,18-19,21-22,27-28H,2-14,17,20,23H2,1H3. The first-order chi connectivity index (χ1) is 15.0. The average molecular weight is 450 g/mol. The maximum Gasteiger partial charge on any atom is 0.249 e. The molecular formula is C26H43NO3S. The second kappa shape index (κ2) is 14.1. The highest BCUT2D eigenvalue weighted by molar-refractivity contribution is 7.90. The molecule has 0 saturated heterocycles. The molecule has 1 aromatic carbocycles. The van der Waals surface area contributed by atoms with Gasteiger partial charge in [-0.2, -0.15) is 0 Å². The van der Waals surface area contributed by atoms with Crippen molar-refractivity contribution in [3.63, 3.8) is 0 Å². The van der Waals surface area contributed by atoms with Crippen LogP contribution in [0.3, 0.4) is 0 Å². The predicted molar refractivity (Wildman–Crippen MR) is 130 cm³/mol. The van der Waals surface area contributed by atoms with Gasteiger partial charge in [0.15, 0.2) is 0 Å². The number of hydrogen-bond donors (Lipinski definition) is 2. The minimum atomic E-state index is -3.90. The molecule has 5 heteroatoms. The molecule has 176 valence electrons. The fraction of sp³-hybridized carbons (Fsp3) is 0.692. The molecule has 0 aliphatic heterocycles. The summed E-state index contributed by atoms with van der Waals surface area (Å²) in [4.78, 5) is -1.97. The number of unbranched alkanes of at least 4 members (excludes halogenated alkanes) is 13. The highest BCUT2D eigenvalue weighted by Crippen LogP contribution is 2.34. The van der Waals surface area contributed by atoms with Gasteiger partial charge in [-0.1, -0.05) is 121 Å². The summed E-state index contributed by atoms with van der Waals surface area (Å²) in [5.74, 6) is 0. The number of allylic oxidation sites excluding steroid dienone is 1. The van der Waals surface area contributed by atoms with Gasteiger partial charge in [-0.15, -0.1) is 0 Å². The summed E-state index contributed by atoms with van der Waals surface area (Å²) in [7, 11) is -3.90. The van der Waals surface area contributed by atoms with Crippen LogP contribution in [0.4, 0.5) is 0 Å². The molecule has 31 heavy (non-hydrogen) atoms. The number of sulfonamides is 1. The first-order valence-electron chi connectivity index (χ1n) is 12.5. The maximum atomic E-state index is 12.8. The number of fused-ring (bicyclic) bond motifs is 1. The fourth-order valence-electron chi connectivity index (χ4n) is 4.35. The Morgan fingerprint density at radius 2 is 1.35 bits per heavy atom. The van der Waals surface area contributed by atoms with E-state index in [0.29, 0.717) is 18.5 Å². The number of hydrogen-bond acceptors (Lipinski definition) is 3. The van der Waals surface area contributed by atoms with Gasteiger partial charge in [0.1, 0.15) is 0 Å². The molecule has 0 saturated carbocycles. The van der Waals surface area contributed by atoms with E-state index in [1.54, 1.807) is 18.2 Å². The Morgan fingerprint density at radius 3 is 1.94 bits per heavy atom. The van der Waals surface area contributed by atoms with Gasteiger partial charge < -0.3 is 5.11 Å². The average Bonchev–Trinajstić information content (AvgIpc) is 2.76. The fourth-order valence-corrected chi connectivity index (χ4v) is 5.75. The quantitative estimate of drug-likeness (QED) is 0.215. The molecule has 1 aromatic rings. The van der Waals surface area contributed by atoms with Gasteiger partial charge in [-0.3, -0.25) is 0 Å². The molecule has 1 unspecified atom stereocenters. The van der Waals surface area contributed by atoms with Crippen LogP contribution in [-0.4, -0.2) is 20.1 Å². The third kappa shape index (κ3) is 8.36. The van der Waals surface area contributed by atoms with E-state index in [0.717, 1.165) is 24.8 Å². The van der Waals surface area contributed by atoms with E-state index in [4.69, 9.17) is 0 Å². The molecule has 0 bridgehead atoms. The van der Waals surface area contributed by atoms with E-state index in [-0.39, 0.29) is 0 Å². The summed E-state index contributed by atoms with van der Waals surface area (Å²) in [6.07, 6.45) is 21.6. The number of nitrogens with one attached hydrogen (secondary N) is 1. The van der Waals surface area contributed by atoms with E-state index < -0.39 is 15.0 Å². The van der Waals surface area contributed by atoms with Gasteiger partial charge in [-0.25, -0.2) is 13.1 Å². The lowest BCUT2D eigenvalue weighted by Crippen LogP contribution is -2.44. The molecule has 0 spiro atoms. The molecular weight excluding hydrogens is 406 g/mol. The zero-order chi connectivity index (χ0) is 22.4. The van der Waals surface area contributed by atoms with Gasteiger partial charge in [0.25, 0.3) is 0 Å². The van der Waals surface area contributed by atoms with Crippen LogP contribution in [0.1, 0.15) is 108 Å². The molecule has 2 N–H and O–H groups in total. The van der Waals surface area contributed by atoms with Crippen molar-refractivity contribution in [2.75, 3.05) is 6.54 Å². The molecule has 1 aliphatic rings. The Morgan fingerprint density at radius 1 is 0.839 bits per heavy atom. The van der Waals surface area contributed by atoms with Crippen molar-refractivity contribution < 1.29 is 13.5 Å². The van der Waals surface area contributed by atoms with E-state index in [1.165, 1.54) is 76.7 Å². The summed E-state index contributed by atoms with van der Waals surface area (Å²) < 4.78 is 28.2.